The third-order valence-electron chi connectivity index (χ3n) is 3.20. The molecule has 0 aromatic carbocycles. The van der Waals surface area contributed by atoms with E-state index >= 15 is 0 Å². The fraction of sp³-hybridized carbons (Fsp3) is 0.692. The Morgan fingerprint density at radius 3 is 2.33 bits per heavy atom. The van der Waals surface area contributed by atoms with Gasteiger partial charge in [-0.25, -0.2) is 13.6 Å². The van der Waals surface area contributed by atoms with Crippen LogP contribution < -0.4 is 5.14 Å². The number of nitrogens with one attached hydrogen (secondary N) is 1. The van der Waals surface area contributed by atoms with Gasteiger partial charge in [-0.2, -0.15) is 5.10 Å². The topological polar surface area (TPSA) is 109 Å². The van der Waals surface area contributed by atoms with Crippen LogP contribution in [-0.2, 0) is 10.0 Å². The summed E-state index contributed by atoms with van der Waals surface area (Å²) in [4.78, 5) is 13.7. The third-order valence-corrected chi connectivity index (χ3v) is 4.18. The monoisotopic (exact) mass is 316 g/mol. The minimum atomic E-state index is -4.02. The maximum absolute atomic E-state index is 12.4. The molecule has 0 atom stereocenters. The van der Waals surface area contributed by atoms with Crippen LogP contribution in [0.25, 0.3) is 0 Å². The molecule has 3 N–H and O–H groups in total. The molecule has 1 aromatic rings. The molecule has 0 saturated carbocycles. The van der Waals surface area contributed by atoms with Crippen LogP contribution in [-0.4, -0.2) is 43.0 Å². The van der Waals surface area contributed by atoms with Crippen LogP contribution in [0.1, 0.15) is 56.2 Å². The molecule has 120 valence electrons. The van der Waals surface area contributed by atoms with Crippen LogP contribution in [0.4, 0.5) is 0 Å². The lowest BCUT2D eigenvalue weighted by Crippen LogP contribution is -2.30. The van der Waals surface area contributed by atoms with E-state index in [1.165, 1.54) is 4.90 Å². The Hall–Kier alpha value is -1.41. The van der Waals surface area contributed by atoms with E-state index in [0.29, 0.717) is 18.2 Å². The van der Waals surface area contributed by atoms with Gasteiger partial charge in [-0.15, -0.1) is 0 Å². The number of sulfonamides is 1. The highest BCUT2D eigenvalue weighted by atomic mass is 32.2. The van der Waals surface area contributed by atoms with Crippen molar-refractivity contribution in [3.63, 3.8) is 0 Å². The Morgan fingerprint density at radius 2 is 1.90 bits per heavy atom. The number of nitrogens with two attached hydrogens (primary N) is 1. The quantitative estimate of drug-likeness (QED) is 0.824. The Morgan fingerprint density at radius 1 is 1.33 bits per heavy atom. The molecule has 1 amide bonds. The Bertz CT molecular complexity index is 605. The molecule has 0 aliphatic heterocycles. The standard InChI is InChI=1S/C13H24N4O3S/c1-8(2)6-7-17(5)13(18)11-12(21(14,19)20)10(9(3)4)15-16-11/h8-9H,6-7H2,1-5H3,(H,15,16)(H2,14,19,20). The number of hydrogen-bond acceptors (Lipinski definition) is 4. The first-order valence-electron chi connectivity index (χ1n) is 6.92. The van der Waals surface area contributed by atoms with Gasteiger partial charge in [0.05, 0.1) is 5.69 Å². The van der Waals surface area contributed by atoms with Crippen LogP contribution in [0.5, 0.6) is 0 Å². The highest BCUT2D eigenvalue weighted by Gasteiger charge is 2.30. The van der Waals surface area contributed by atoms with Gasteiger partial charge in [0.25, 0.3) is 5.91 Å². The molecule has 1 rings (SSSR count). The van der Waals surface area contributed by atoms with Crippen molar-refractivity contribution in [2.24, 2.45) is 11.1 Å². The molecule has 1 aromatic heterocycles. The number of primary sulfonamides is 1. The minimum absolute atomic E-state index is 0.131. The molecule has 0 aliphatic rings. The number of rotatable bonds is 6. The van der Waals surface area contributed by atoms with Gasteiger partial charge in [-0.05, 0) is 18.3 Å². The lowest BCUT2D eigenvalue weighted by Gasteiger charge is -2.17. The van der Waals surface area contributed by atoms with Gasteiger partial charge in [0, 0.05) is 13.6 Å². The molecule has 8 heteroatoms. The summed E-state index contributed by atoms with van der Waals surface area (Å²) >= 11 is 0. The molecule has 0 aliphatic carbocycles. The van der Waals surface area contributed by atoms with Crippen LogP contribution in [0.15, 0.2) is 4.90 Å². The Balaban J connectivity index is 3.16. The molecule has 7 nitrogen and oxygen atoms in total. The summed E-state index contributed by atoms with van der Waals surface area (Å²) in [6.07, 6.45) is 0.828. The molecule has 21 heavy (non-hydrogen) atoms. The van der Waals surface area contributed by atoms with Crippen molar-refractivity contribution in [3.05, 3.63) is 11.4 Å². The highest BCUT2D eigenvalue weighted by Crippen LogP contribution is 2.24. The second-order valence-corrected chi connectivity index (χ2v) is 7.42. The molecular weight excluding hydrogens is 292 g/mol. The fourth-order valence-corrected chi connectivity index (χ4v) is 2.89. The maximum Gasteiger partial charge on any atom is 0.275 e. The van der Waals surface area contributed by atoms with Gasteiger partial charge in [-0.3, -0.25) is 9.89 Å². The zero-order valence-electron chi connectivity index (χ0n) is 13.2. The van der Waals surface area contributed by atoms with Crippen LogP contribution in [0, 0.1) is 5.92 Å². The first-order valence-corrected chi connectivity index (χ1v) is 8.46. The van der Waals surface area contributed by atoms with Gasteiger partial charge in [0.2, 0.25) is 10.0 Å². The number of H-pyrrole nitrogens is 1. The Labute approximate surface area is 126 Å². The van der Waals surface area contributed by atoms with Crippen molar-refractivity contribution < 1.29 is 13.2 Å². The number of nitrogens with zero attached hydrogens (tertiary/aromatic N) is 2. The highest BCUT2D eigenvalue weighted by molar-refractivity contribution is 7.89. The van der Waals surface area contributed by atoms with Crippen molar-refractivity contribution in [3.8, 4) is 0 Å². The van der Waals surface area contributed by atoms with Crippen molar-refractivity contribution in [2.75, 3.05) is 13.6 Å². The molecule has 0 radical (unpaired) electrons. The Kier molecular flexibility index (Phi) is 5.52. The molecule has 1 heterocycles. The molecule has 0 fully saturated rings. The molecule has 0 spiro atoms. The number of carbonyl (C=O) groups is 1. The summed E-state index contributed by atoms with van der Waals surface area (Å²) in [6, 6.07) is 0. The summed E-state index contributed by atoms with van der Waals surface area (Å²) in [5.74, 6) is -0.125. The normalized spacial score (nSPS) is 12.2. The van der Waals surface area contributed by atoms with Crippen molar-refractivity contribution in [1.29, 1.82) is 0 Å². The molecule has 0 bridgehead atoms. The van der Waals surface area contributed by atoms with Gasteiger partial charge < -0.3 is 4.90 Å². The fourth-order valence-electron chi connectivity index (χ4n) is 1.90. The van der Waals surface area contributed by atoms with E-state index in [4.69, 9.17) is 5.14 Å². The largest absolute Gasteiger partial charge is 0.340 e. The number of carbonyl (C=O) groups excluding carboxylic acids is 1. The summed E-state index contributed by atoms with van der Waals surface area (Å²) in [7, 11) is -2.39. The number of amides is 1. The lowest BCUT2D eigenvalue weighted by molar-refractivity contribution is 0.0779. The first-order chi connectivity index (χ1) is 9.55. The van der Waals surface area contributed by atoms with E-state index in [-0.39, 0.29) is 16.5 Å². The van der Waals surface area contributed by atoms with E-state index in [1.807, 2.05) is 0 Å². The van der Waals surface area contributed by atoms with Crippen LogP contribution in [0.3, 0.4) is 0 Å². The second kappa shape index (κ2) is 6.57. The number of hydrogen-bond donors (Lipinski definition) is 2. The predicted octanol–water partition coefficient (Wildman–Crippen LogP) is 1.30. The smallest absolute Gasteiger partial charge is 0.275 e. The van der Waals surface area contributed by atoms with E-state index < -0.39 is 15.9 Å². The number of aromatic amines is 1. The van der Waals surface area contributed by atoms with Gasteiger partial charge in [0.15, 0.2) is 5.69 Å². The maximum atomic E-state index is 12.4. The van der Waals surface area contributed by atoms with Crippen molar-refractivity contribution in [1.82, 2.24) is 15.1 Å². The van der Waals surface area contributed by atoms with E-state index in [9.17, 15) is 13.2 Å². The van der Waals surface area contributed by atoms with Crippen molar-refractivity contribution >= 4 is 15.9 Å². The SMILES string of the molecule is CC(C)CCN(C)C(=O)c1n[nH]c(C(C)C)c1S(N)(=O)=O. The summed E-state index contributed by atoms with van der Waals surface area (Å²) in [5, 5.41) is 11.7. The number of aromatic nitrogens is 2. The van der Waals surface area contributed by atoms with Gasteiger partial charge in [-0.1, -0.05) is 27.7 Å². The van der Waals surface area contributed by atoms with Crippen molar-refractivity contribution in [2.45, 2.75) is 44.9 Å². The predicted molar refractivity (Wildman–Crippen MR) is 80.5 cm³/mol. The summed E-state index contributed by atoms with van der Waals surface area (Å²) < 4.78 is 23.6. The van der Waals surface area contributed by atoms with E-state index in [2.05, 4.69) is 24.0 Å². The van der Waals surface area contributed by atoms with Gasteiger partial charge >= 0.3 is 0 Å². The average molecular weight is 316 g/mol. The average Bonchev–Trinajstić information content (AvgIpc) is 2.79. The molecule has 0 unspecified atom stereocenters. The van der Waals surface area contributed by atoms with Crippen LogP contribution in [0.2, 0.25) is 0 Å². The van der Waals surface area contributed by atoms with Gasteiger partial charge in [0.1, 0.15) is 4.90 Å². The zero-order valence-corrected chi connectivity index (χ0v) is 14.0. The first kappa shape index (κ1) is 17.6. The summed E-state index contributed by atoms with van der Waals surface area (Å²) in [5.41, 5.74) is 0.227. The lowest BCUT2D eigenvalue weighted by atomic mass is 10.1. The van der Waals surface area contributed by atoms with Crippen LogP contribution >= 0.6 is 0 Å². The zero-order chi connectivity index (χ0) is 16.4. The summed E-state index contributed by atoms with van der Waals surface area (Å²) in [6.45, 7) is 8.25. The van der Waals surface area contributed by atoms with E-state index in [0.717, 1.165) is 6.42 Å². The third kappa shape index (κ3) is 4.28. The van der Waals surface area contributed by atoms with E-state index in [1.54, 1.807) is 20.9 Å². The second-order valence-electron chi connectivity index (χ2n) is 5.92. The molecular formula is C13H24N4O3S. The molecule has 0 saturated heterocycles. The minimum Gasteiger partial charge on any atom is -0.340 e.